The first-order chi connectivity index (χ1) is 23.0. The van der Waals surface area contributed by atoms with Gasteiger partial charge in [-0.05, 0) is 92.3 Å². The van der Waals surface area contributed by atoms with Gasteiger partial charge >= 0.3 is 0 Å². The Bertz CT molecular complexity index is 1810. The van der Waals surface area contributed by atoms with Gasteiger partial charge in [-0.25, -0.2) is 8.42 Å². The van der Waals surface area contributed by atoms with E-state index in [-0.39, 0.29) is 29.8 Å². The maximum atomic E-state index is 14.7. The van der Waals surface area contributed by atoms with Gasteiger partial charge in [-0.1, -0.05) is 97.1 Å². The standard InChI is InChI=1S/C39H44ClN3O4S/c1-28-14-17-32(18-15-28)26-42(37(25-31-10-6-4-7-11-31)39(45)41-34-12-8-5-9-13-34)38(44)27-43(35-21-16-29(2)30(3)24-35)48(46,47)36-22-19-33(40)20-23-36/h4,6-7,10-11,14-24,34,37H,5,8-9,12-13,25-27H2,1-3H3,(H,41,45)/t37-/m0/s1. The molecule has 7 nitrogen and oxygen atoms in total. The number of carbonyl (C=O) groups excluding carboxylic acids is 2. The zero-order valence-corrected chi connectivity index (χ0v) is 29.4. The average Bonchev–Trinajstić information content (AvgIpc) is 3.08. The Kier molecular flexibility index (Phi) is 11.6. The highest BCUT2D eigenvalue weighted by atomic mass is 35.5. The molecule has 0 spiro atoms. The Labute approximate surface area is 290 Å². The van der Waals surface area contributed by atoms with E-state index in [4.69, 9.17) is 11.6 Å². The number of nitrogens with zero attached hydrogens (tertiary/aromatic N) is 2. The Hall–Kier alpha value is -4.14. The maximum Gasteiger partial charge on any atom is 0.264 e. The van der Waals surface area contributed by atoms with Crippen LogP contribution in [0.2, 0.25) is 5.02 Å². The lowest BCUT2D eigenvalue weighted by atomic mass is 9.94. The van der Waals surface area contributed by atoms with E-state index < -0.39 is 28.5 Å². The third kappa shape index (κ3) is 8.85. The van der Waals surface area contributed by atoms with E-state index >= 15 is 0 Å². The SMILES string of the molecule is Cc1ccc(CN(C(=O)CN(c2ccc(C)c(C)c2)S(=O)(=O)c2ccc(Cl)cc2)[C@@H](Cc2ccccc2)C(=O)NC2CCCCC2)cc1. The van der Waals surface area contributed by atoms with Crippen LogP contribution in [0.15, 0.2) is 102 Å². The largest absolute Gasteiger partial charge is 0.352 e. The van der Waals surface area contributed by atoms with E-state index in [9.17, 15) is 18.0 Å². The van der Waals surface area contributed by atoms with Crippen LogP contribution < -0.4 is 9.62 Å². The second-order valence-electron chi connectivity index (χ2n) is 12.8. The van der Waals surface area contributed by atoms with Gasteiger partial charge in [0, 0.05) is 24.0 Å². The Morgan fingerprint density at radius 1 is 0.812 bits per heavy atom. The Morgan fingerprint density at radius 3 is 2.12 bits per heavy atom. The molecule has 1 fully saturated rings. The number of halogens is 1. The van der Waals surface area contributed by atoms with Crippen LogP contribution in [-0.2, 0) is 32.6 Å². The van der Waals surface area contributed by atoms with Crippen LogP contribution in [0.5, 0.6) is 0 Å². The van der Waals surface area contributed by atoms with Crippen molar-refractivity contribution in [3.05, 3.63) is 130 Å². The van der Waals surface area contributed by atoms with E-state index in [2.05, 4.69) is 5.32 Å². The molecule has 0 aliphatic heterocycles. The molecule has 1 aliphatic carbocycles. The van der Waals surface area contributed by atoms with E-state index in [1.54, 1.807) is 17.0 Å². The van der Waals surface area contributed by atoms with Gasteiger partial charge in [0.2, 0.25) is 11.8 Å². The number of nitrogens with one attached hydrogen (secondary N) is 1. The van der Waals surface area contributed by atoms with Crippen molar-refractivity contribution in [3.63, 3.8) is 0 Å². The van der Waals surface area contributed by atoms with Crippen molar-refractivity contribution in [1.82, 2.24) is 10.2 Å². The number of hydrogen-bond donors (Lipinski definition) is 1. The van der Waals surface area contributed by atoms with Crippen LogP contribution >= 0.6 is 11.6 Å². The molecule has 4 aromatic carbocycles. The van der Waals surface area contributed by atoms with E-state index in [0.717, 1.165) is 64.2 Å². The molecule has 0 radical (unpaired) electrons. The first-order valence-electron chi connectivity index (χ1n) is 16.6. The summed E-state index contributed by atoms with van der Waals surface area (Å²) >= 11 is 6.10. The zero-order chi connectivity index (χ0) is 34.3. The van der Waals surface area contributed by atoms with Gasteiger partial charge in [-0.3, -0.25) is 13.9 Å². The zero-order valence-electron chi connectivity index (χ0n) is 27.9. The van der Waals surface area contributed by atoms with Crippen molar-refractivity contribution in [1.29, 1.82) is 0 Å². The van der Waals surface area contributed by atoms with Gasteiger partial charge in [0.15, 0.2) is 0 Å². The number of aryl methyl sites for hydroxylation is 3. The summed E-state index contributed by atoms with van der Waals surface area (Å²) in [5.74, 6) is -0.712. The minimum Gasteiger partial charge on any atom is -0.352 e. The molecule has 1 N–H and O–H groups in total. The van der Waals surface area contributed by atoms with Crippen molar-refractivity contribution in [2.45, 2.75) is 82.8 Å². The number of hydrogen-bond acceptors (Lipinski definition) is 4. The monoisotopic (exact) mass is 685 g/mol. The predicted octanol–water partition coefficient (Wildman–Crippen LogP) is 7.55. The third-order valence-electron chi connectivity index (χ3n) is 9.16. The van der Waals surface area contributed by atoms with Crippen molar-refractivity contribution in [3.8, 4) is 0 Å². The van der Waals surface area contributed by atoms with Gasteiger partial charge < -0.3 is 10.2 Å². The number of benzene rings is 4. The van der Waals surface area contributed by atoms with Crippen LogP contribution in [0.25, 0.3) is 0 Å². The number of amides is 2. The van der Waals surface area contributed by atoms with Gasteiger partial charge in [0.05, 0.1) is 10.6 Å². The summed E-state index contributed by atoms with van der Waals surface area (Å²) in [6.07, 6.45) is 5.33. The normalized spacial score (nSPS) is 14.2. The number of carbonyl (C=O) groups is 2. The molecule has 0 heterocycles. The van der Waals surface area contributed by atoms with E-state index in [1.807, 2.05) is 81.4 Å². The van der Waals surface area contributed by atoms with Gasteiger partial charge in [0.25, 0.3) is 10.0 Å². The van der Waals surface area contributed by atoms with E-state index in [0.29, 0.717) is 10.7 Å². The maximum absolute atomic E-state index is 14.7. The van der Waals surface area contributed by atoms with Crippen LogP contribution in [0.1, 0.15) is 59.9 Å². The number of rotatable bonds is 12. The van der Waals surface area contributed by atoms with Crippen molar-refractivity contribution >= 4 is 39.1 Å². The minimum absolute atomic E-state index is 0.0129. The summed E-state index contributed by atoms with van der Waals surface area (Å²) < 4.78 is 29.7. The average molecular weight is 686 g/mol. The first kappa shape index (κ1) is 35.2. The Balaban J connectivity index is 1.57. The molecule has 0 bridgehead atoms. The molecule has 1 atom stereocenters. The van der Waals surface area contributed by atoms with Crippen molar-refractivity contribution < 1.29 is 18.0 Å². The molecular weight excluding hydrogens is 642 g/mol. The minimum atomic E-state index is -4.21. The second-order valence-corrected chi connectivity index (χ2v) is 15.1. The van der Waals surface area contributed by atoms with Gasteiger partial charge in [0.1, 0.15) is 12.6 Å². The molecule has 0 unspecified atom stereocenters. The third-order valence-corrected chi connectivity index (χ3v) is 11.2. The van der Waals surface area contributed by atoms with Crippen LogP contribution in [0.3, 0.4) is 0 Å². The van der Waals surface area contributed by atoms with E-state index in [1.165, 1.54) is 24.3 Å². The van der Waals surface area contributed by atoms with Crippen LogP contribution in [0, 0.1) is 20.8 Å². The highest BCUT2D eigenvalue weighted by molar-refractivity contribution is 7.92. The number of sulfonamides is 1. The number of anilines is 1. The quantitative estimate of drug-likeness (QED) is 0.167. The highest BCUT2D eigenvalue weighted by Gasteiger charge is 2.35. The fourth-order valence-electron chi connectivity index (χ4n) is 6.13. The predicted molar refractivity (Wildman–Crippen MR) is 193 cm³/mol. The summed E-state index contributed by atoms with van der Waals surface area (Å²) in [6, 6.07) is 27.9. The summed E-state index contributed by atoms with van der Waals surface area (Å²) in [5.41, 5.74) is 5.07. The van der Waals surface area contributed by atoms with Crippen molar-refractivity contribution in [2.75, 3.05) is 10.8 Å². The topological polar surface area (TPSA) is 86.8 Å². The summed E-state index contributed by atoms with van der Waals surface area (Å²) in [6.45, 7) is 5.48. The van der Waals surface area contributed by atoms with Crippen LogP contribution in [0.4, 0.5) is 5.69 Å². The summed E-state index contributed by atoms with van der Waals surface area (Å²) in [5, 5.41) is 3.65. The van der Waals surface area contributed by atoms with Crippen molar-refractivity contribution in [2.24, 2.45) is 0 Å². The molecule has 48 heavy (non-hydrogen) atoms. The molecule has 0 saturated heterocycles. The fourth-order valence-corrected chi connectivity index (χ4v) is 7.66. The lowest BCUT2D eigenvalue weighted by molar-refractivity contribution is -0.140. The second kappa shape index (κ2) is 15.8. The fraction of sp³-hybridized carbons (Fsp3) is 0.333. The van der Waals surface area contributed by atoms with Gasteiger partial charge in [-0.2, -0.15) is 0 Å². The molecule has 1 saturated carbocycles. The molecule has 4 aromatic rings. The highest BCUT2D eigenvalue weighted by Crippen LogP contribution is 2.28. The van der Waals surface area contributed by atoms with Gasteiger partial charge in [-0.15, -0.1) is 0 Å². The first-order valence-corrected chi connectivity index (χ1v) is 18.4. The molecule has 9 heteroatoms. The van der Waals surface area contributed by atoms with Crippen LogP contribution in [-0.4, -0.2) is 43.8 Å². The lowest BCUT2D eigenvalue weighted by Crippen LogP contribution is -2.55. The summed E-state index contributed by atoms with van der Waals surface area (Å²) in [4.78, 5) is 30.5. The molecule has 2 amide bonds. The molecule has 5 rings (SSSR count). The Morgan fingerprint density at radius 2 is 1.48 bits per heavy atom. The smallest absolute Gasteiger partial charge is 0.264 e. The molecule has 1 aliphatic rings. The molecule has 252 valence electrons. The summed E-state index contributed by atoms with van der Waals surface area (Å²) in [7, 11) is -4.21. The molecular formula is C39H44ClN3O4S. The lowest BCUT2D eigenvalue weighted by Gasteiger charge is -2.35. The molecule has 0 aromatic heterocycles.